The second-order valence-electron chi connectivity index (χ2n) is 5.55. The van der Waals surface area contributed by atoms with Crippen molar-refractivity contribution in [1.82, 2.24) is 4.57 Å². The molecule has 1 aromatic carbocycles. The number of halogens is 1. The molecule has 0 radical (unpaired) electrons. The van der Waals surface area contributed by atoms with Gasteiger partial charge in [-0.15, -0.1) is 11.3 Å². The third kappa shape index (κ3) is 4.32. The largest absolute Gasteiger partial charge is 0.380 e. The summed E-state index contributed by atoms with van der Waals surface area (Å²) in [6.07, 6.45) is 3.29. The molecule has 136 valence electrons. The number of ether oxygens (including phenoxy) is 1. The molecule has 0 bridgehead atoms. The van der Waals surface area contributed by atoms with Crippen molar-refractivity contribution < 1.29 is 9.53 Å². The maximum Gasteiger partial charge on any atom is 0.272 e. The van der Waals surface area contributed by atoms with E-state index in [4.69, 9.17) is 16.3 Å². The molecular weight excluding hydrogens is 388 g/mol. The fourth-order valence-corrected chi connectivity index (χ4v) is 4.47. The molecule has 0 aliphatic carbocycles. The van der Waals surface area contributed by atoms with Gasteiger partial charge in [-0.25, -0.2) is 0 Å². The van der Waals surface area contributed by atoms with Crippen LogP contribution in [0.1, 0.15) is 17.4 Å². The average Bonchev–Trinajstić information content (AvgIpc) is 3.25. The summed E-state index contributed by atoms with van der Waals surface area (Å²) in [5.74, 6) is -0.279. The van der Waals surface area contributed by atoms with Crippen molar-refractivity contribution in [1.29, 1.82) is 0 Å². The maximum absolute atomic E-state index is 12.3. The van der Waals surface area contributed by atoms with E-state index >= 15 is 0 Å². The van der Waals surface area contributed by atoms with Crippen LogP contribution in [0.5, 0.6) is 0 Å². The third-order valence-corrected chi connectivity index (χ3v) is 6.12. The van der Waals surface area contributed by atoms with E-state index in [0.29, 0.717) is 29.6 Å². The topological polar surface area (TPSA) is 43.6 Å². The van der Waals surface area contributed by atoms with Gasteiger partial charge in [0.2, 0.25) is 0 Å². The van der Waals surface area contributed by atoms with Crippen molar-refractivity contribution in [2.75, 3.05) is 13.2 Å². The van der Waals surface area contributed by atoms with Crippen molar-refractivity contribution in [2.24, 2.45) is 4.99 Å². The van der Waals surface area contributed by atoms with Crippen LogP contribution in [0.15, 0.2) is 40.7 Å². The Balaban J connectivity index is 2.01. The summed E-state index contributed by atoms with van der Waals surface area (Å²) in [7, 11) is 0. The molecule has 0 saturated carbocycles. The van der Waals surface area contributed by atoms with Gasteiger partial charge in [0.1, 0.15) is 0 Å². The standard InChI is InChI=1S/C19H19ClN2O2S2/c1-3-24-11-10-22-18-13(2)15(20)7-8-16(18)26-19(22)21-17(23)9-6-14-5-4-12-25-14/h4-9,12H,3,10-11H2,1-2H3/b9-6+,21-19?. The van der Waals surface area contributed by atoms with E-state index in [1.165, 1.54) is 17.4 Å². The SMILES string of the molecule is CCOCCn1c(=NC(=O)/C=C/c2cccs2)sc2ccc(Cl)c(C)c21. The van der Waals surface area contributed by atoms with E-state index in [-0.39, 0.29) is 5.91 Å². The minimum Gasteiger partial charge on any atom is -0.380 e. The molecule has 26 heavy (non-hydrogen) atoms. The number of thiazole rings is 1. The lowest BCUT2D eigenvalue weighted by atomic mass is 10.2. The number of thiophene rings is 1. The van der Waals surface area contributed by atoms with Crippen LogP contribution < -0.4 is 4.80 Å². The monoisotopic (exact) mass is 406 g/mol. The first-order chi connectivity index (χ1) is 12.6. The van der Waals surface area contributed by atoms with E-state index in [1.807, 2.05) is 48.1 Å². The summed E-state index contributed by atoms with van der Waals surface area (Å²) >= 11 is 9.36. The van der Waals surface area contributed by atoms with Gasteiger partial charge >= 0.3 is 0 Å². The number of carbonyl (C=O) groups is 1. The van der Waals surface area contributed by atoms with Crippen LogP contribution in [0.4, 0.5) is 0 Å². The molecule has 0 atom stereocenters. The molecule has 2 aromatic heterocycles. The summed E-state index contributed by atoms with van der Waals surface area (Å²) < 4.78 is 8.57. The van der Waals surface area contributed by atoms with E-state index in [1.54, 1.807) is 17.4 Å². The zero-order chi connectivity index (χ0) is 18.5. The minimum atomic E-state index is -0.279. The van der Waals surface area contributed by atoms with Crippen LogP contribution in [0.2, 0.25) is 5.02 Å². The first-order valence-electron chi connectivity index (χ1n) is 8.26. The molecule has 0 aliphatic rings. The molecule has 0 fully saturated rings. The van der Waals surface area contributed by atoms with Crippen LogP contribution in [0.3, 0.4) is 0 Å². The summed E-state index contributed by atoms with van der Waals surface area (Å²) in [5, 5.41) is 2.68. The zero-order valence-electron chi connectivity index (χ0n) is 14.6. The van der Waals surface area contributed by atoms with Gasteiger partial charge in [-0.2, -0.15) is 4.99 Å². The Morgan fingerprint density at radius 1 is 1.38 bits per heavy atom. The Kier molecular flexibility index (Phi) is 6.43. The molecular formula is C19H19ClN2O2S2. The van der Waals surface area contributed by atoms with E-state index in [9.17, 15) is 4.79 Å². The molecule has 0 saturated heterocycles. The Bertz CT molecular complexity index is 1000. The van der Waals surface area contributed by atoms with Crippen molar-refractivity contribution >= 4 is 56.5 Å². The van der Waals surface area contributed by atoms with Gasteiger partial charge in [-0.1, -0.05) is 29.0 Å². The number of amides is 1. The summed E-state index contributed by atoms with van der Waals surface area (Å²) in [6, 6.07) is 7.76. The van der Waals surface area contributed by atoms with Gasteiger partial charge < -0.3 is 9.30 Å². The normalized spacial score (nSPS) is 12.5. The average molecular weight is 407 g/mol. The van der Waals surface area contributed by atoms with Crippen LogP contribution in [0.25, 0.3) is 16.3 Å². The molecule has 4 nitrogen and oxygen atoms in total. The summed E-state index contributed by atoms with van der Waals surface area (Å²) in [6.45, 7) is 5.77. The van der Waals surface area contributed by atoms with Crippen molar-refractivity contribution in [2.45, 2.75) is 20.4 Å². The van der Waals surface area contributed by atoms with E-state index in [0.717, 1.165) is 20.7 Å². The van der Waals surface area contributed by atoms with E-state index < -0.39 is 0 Å². The predicted octanol–water partition coefficient (Wildman–Crippen LogP) is 4.90. The van der Waals surface area contributed by atoms with Gasteiger partial charge in [-0.3, -0.25) is 4.79 Å². The Morgan fingerprint density at radius 3 is 2.96 bits per heavy atom. The first kappa shape index (κ1) is 19.0. The number of aryl methyl sites for hydroxylation is 1. The molecule has 3 aromatic rings. The number of benzene rings is 1. The molecule has 7 heteroatoms. The minimum absolute atomic E-state index is 0.279. The highest BCUT2D eigenvalue weighted by atomic mass is 35.5. The molecule has 1 amide bonds. The number of carbonyl (C=O) groups excluding carboxylic acids is 1. The number of fused-ring (bicyclic) bond motifs is 1. The smallest absolute Gasteiger partial charge is 0.272 e. The Labute approximate surface area is 165 Å². The highest BCUT2D eigenvalue weighted by Crippen LogP contribution is 2.27. The molecule has 0 spiro atoms. The van der Waals surface area contributed by atoms with Gasteiger partial charge in [0.25, 0.3) is 5.91 Å². The fraction of sp³-hybridized carbons (Fsp3) is 0.263. The lowest BCUT2D eigenvalue weighted by molar-refractivity contribution is -0.113. The Morgan fingerprint density at radius 2 is 2.23 bits per heavy atom. The number of rotatable bonds is 6. The summed E-state index contributed by atoms with van der Waals surface area (Å²) in [5.41, 5.74) is 2.00. The van der Waals surface area contributed by atoms with Gasteiger partial charge in [-0.05, 0) is 49.1 Å². The van der Waals surface area contributed by atoms with Gasteiger partial charge in [0.15, 0.2) is 4.80 Å². The molecule has 0 unspecified atom stereocenters. The van der Waals surface area contributed by atoms with Crippen LogP contribution in [0, 0.1) is 6.92 Å². The summed E-state index contributed by atoms with van der Waals surface area (Å²) in [4.78, 5) is 18.3. The maximum atomic E-state index is 12.3. The Hall–Kier alpha value is -1.73. The number of hydrogen-bond acceptors (Lipinski definition) is 4. The van der Waals surface area contributed by atoms with Gasteiger partial charge in [0.05, 0.1) is 16.8 Å². The quantitative estimate of drug-likeness (QED) is 0.431. The van der Waals surface area contributed by atoms with Crippen molar-refractivity contribution in [3.05, 3.63) is 56.0 Å². The second kappa shape index (κ2) is 8.77. The lowest BCUT2D eigenvalue weighted by Gasteiger charge is -2.08. The molecule has 0 N–H and O–H groups in total. The highest BCUT2D eigenvalue weighted by Gasteiger charge is 2.11. The highest BCUT2D eigenvalue weighted by molar-refractivity contribution is 7.16. The zero-order valence-corrected chi connectivity index (χ0v) is 17.0. The predicted molar refractivity (Wildman–Crippen MR) is 110 cm³/mol. The van der Waals surface area contributed by atoms with Crippen LogP contribution in [-0.4, -0.2) is 23.7 Å². The number of hydrogen-bond donors (Lipinski definition) is 0. The molecule has 0 aliphatic heterocycles. The fourth-order valence-electron chi connectivity index (χ4n) is 2.58. The first-order valence-corrected chi connectivity index (χ1v) is 10.3. The van der Waals surface area contributed by atoms with E-state index in [2.05, 4.69) is 4.99 Å². The second-order valence-corrected chi connectivity index (χ2v) is 7.95. The van der Waals surface area contributed by atoms with Crippen molar-refractivity contribution in [3.63, 3.8) is 0 Å². The number of aromatic nitrogens is 1. The van der Waals surface area contributed by atoms with Gasteiger partial charge in [0, 0.05) is 29.1 Å². The molecule has 2 heterocycles. The number of nitrogens with zero attached hydrogens (tertiary/aromatic N) is 2. The van der Waals surface area contributed by atoms with Crippen molar-refractivity contribution in [3.8, 4) is 0 Å². The van der Waals surface area contributed by atoms with Crippen LogP contribution >= 0.6 is 34.3 Å². The van der Waals surface area contributed by atoms with Crippen LogP contribution in [-0.2, 0) is 16.1 Å². The third-order valence-electron chi connectivity index (χ3n) is 3.83. The molecule has 3 rings (SSSR count). The lowest BCUT2D eigenvalue weighted by Crippen LogP contribution is -2.19.